The Balaban J connectivity index is 1.86. The molecule has 166 valence electrons. The van der Waals surface area contributed by atoms with Crippen molar-refractivity contribution in [1.29, 1.82) is 5.41 Å². The molecule has 1 atom stereocenters. The molecule has 29 heavy (non-hydrogen) atoms. The zero-order valence-corrected chi connectivity index (χ0v) is 18.7. The average Bonchev–Trinajstić information content (AvgIpc) is 3.27. The van der Waals surface area contributed by atoms with Crippen molar-refractivity contribution in [3.63, 3.8) is 0 Å². The van der Waals surface area contributed by atoms with Crippen molar-refractivity contribution in [1.82, 2.24) is 20.4 Å². The summed E-state index contributed by atoms with van der Waals surface area (Å²) in [5.74, 6) is 0.736. The summed E-state index contributed by atoms with van der Waals surface area (Å²) in [4.78, 5) is 29.0. The number of urea groups is 1. The molecule has 2 heterocycles. The quantitative estimate of drug-likeness (QED) is 0.431. The van der Waals surface area contributed by atoms with Crippen molar-refractivity contribution >= 4 is 17.9 Å². The maximum Gasteiger partial charge on any atom is 0.317 e. The van der Waals surface area contributed by atoms with Crippen LogP contribution in [0.15, 0.2) is 0 Å². The fourth-order valence-corrected chi connectivity index (χ4v) is 4.39. The number of amides is 3. The number of carbonyl (C=O) groups excluding carboxylic acids is 2. The normalized spacial score (nSPS) is 21.0. The van der Waals surface area contributed by atoms with Gasteiger partial charge in [-0.05, 0) is 38.0 Å². The Hall–Kier alpha value is -1.79. The van der Waals surface area contributed by atoms with Crippen LogP contribution >= 0.6 is 0 Å². The van der Waals surface area contributed by atoms with Crippen LogP contribution in [-0.2, 0) is 4.79 Å². The van der Waals surface area contributed by atoms with E-state index in [1.807, 2.05) is 4.90 Å². The van der Waals surface area contributed by atoms with Crippen LogP contribution in [0.5, 0.6) is 0 Å². The second-order valence-corrected chi connectivity index (χ2v) is 8.69. The van der Waals surface area contributed by atoms with E-state index < -0.39 is 5.54 Å². The number of nitrogens with zero attached hydrogens (tertiary/aromatic N) is 2. The van der Waals surface area contributed by atoms with Crippen molar-refractivity contribution in [2.45, 2.75) is 90.5 Å². The minimum atomic E-state index is -0.579. The van der Waals surface area contributed by atoms with E-state index in [4.69, 9.17) is 5.41 Å². The fraction of sp³-hybridized carbons (Fsp3) is 0.864. The van der Waals surface area contributed by atoms with E-state index in [-0.39, 0.29) is 17.9 Å². The summed E-state index contributed by atoms with van der Waals surface area (Å²) in [7, 11) is 0. The Morgan fingerprint density at radius 3 is 2.45 bits per heavy atom. The Morgan fingerprint density at radius 1 is 1.17 bits per heavy atom. The molecule has 0 radical (unpaired) electrons. The molecule has 1 unspecified atom stereocenters. The molecule has 0 aromatic rings. The van der Waals surface area contributed by atoms with Gasteiger partial charge in [0.15, 0.2) is 5.96 Å². The van der Waals surface area contributed by atoms with E-state index in [2.05, 4.69) is 31.4 Å². The number of hydrogen-bond donors (Lipinski definition) is 3. The lowest BCUT2D eigenvalue weighted by Crippen LogP contribution is -2.47. The number of hydrogen-bond acceptors (Lipinski definition) is 3. The van der Waals surface area contributed by atoms with Crippen molar-refractivity contribution in [3.05, 3.63) is 0 Å². The second kappa shape index (κ2) is 11.4. The summed E-state index contributed by atoms with van der Waals surface area (Å²) in [6, 6.07) is 0.0331. The molecule has 3 N–H and O–H groups in total. The molecule has 7 heteroatoms. The van der Waals surface area contributed by atoms with Crippen LogP contribution in [0.1, 0.15) is 85.0 Å². The Bertz CT molecular complexity index is 557. The topological polar surface area (TPSA) is 88.5 Å². The zero-order valence-electron chi connectivity index (χ0n) is 18.7. The van der Waals surface area contributed by atoms with Gasteiger partial charge in [0.1, 0.15) is 5.54 Å². The van der Waals surface area contributed by atoms with Gasteiger partial charge in [0, 0.05) is 26.2 Å². The van der Waals surface area contributed by atoms with Gasteiger partial charge in [-0.15, -0.1) is 0 Å². The largest absolute Gasteiger partial charge is 0.342 e. The van der Waals surface area contributed by atoms with Gasteiger partial charge in [-0.1, -0.05) is 52.9 Å². The number of rotatable bonds is 12. The molecule has 2 aliphatic heterocycles. The predicted octanol–water partition coefficient (Wildman–Crippen LogP) is 3.69. The molecular weight excluding hydrogens is 366 g/mol. The molecule has 0 aliphatic carbocycles. The van der Waals surface area contributed by atoms with Gasteiger partial charge in [-0.2, -0.15) is 0 Å². The molecule has 2 fully saturated rings. The average molecular weight is 408 g/mol. The van der Waals surface area contributed by atoms with Gasteiger partial charge in [-0.3, -0.25) is 15.1 Å². The van der Waals surface area contributed by atoms with Crippen LogP contribution in [0.25, 0.3) is 0 Å². The van der Waals surface area contributed by atoms with E-state index in [1.165, 1.54) is 0 Å². The molecule has 3 amide bonds. The molecular formula is C22H41N5O2. The Labute approximate surface area is 176 Å². The van der Waals surface area contributed by atoms with Gasteiger partial charge >= 0.3 is 6.03 Å². The summed E-state index contributed by atoms with van der Waals surface area (Å²) in [6.07, 6.45) is 9.59. The minimum Gasteiger partial charge on any atom is -0.342 e. The van der Waals surface area contributed by atoms with Gasteiger partial charge in [0.05, 0.1) is 0 Å². The molecule has 0 saturated carbocycles. The number of likely N-dealkylation sites (tertiary alicyclic amines) is 1. The lowest BCUT2D eigenvalue weighted by molar-refractivity contribution is -0.131. The fourth-order valence-electron chi connectivity index (χ4n) is 4.39. The SMILES string of the molecule is CCCCNC(=O)N1CCC(CCN2C(=N)NC(CCCC)(CCCC)C2=O)C1. The van der Waals surface area contributed by atoms with E-state index in [0.717, 1.165) is 83.8 Å². The smallest absolute Gasteiger partial charge is 0.317 e. The van der Waals surface area contributed by atoms with E-state index >= 15 is 0 Å². The number of carbonyl (C=O) groups is 2. The van der Waals surface area contributed by atoms with Gasteiger partial charge in [0.25, 0.3) is 5.91 Å². The first-order valence-corrected chi connectivity index (χ1v) is 11.7. The lowest BCUT2D eigenvalue weighted by atomic mass is 9.87. The van der Waals surface area contributed by atoms with Crippen LogP contribution in [0.3, 0.4) is 0 Å². The number of nitrogens with one attached hydrogen (secondary N) is 3. The third kappa shape index (κ3) is 6.09. The summed E-state index contributed by atoms with van der Waals surface area (Å²) in [5.41, 5.74) is -0.579. The third-order valence-electron chi connectivity index (χ3n) is 6.34. The van der Waals surface area contributed by atoms with Crippen molar-refractivity contribution in [2.24, 2.45) is 5.92 Å². The van der Waals surface area contributed by atoms with E-state index in [9.17, 15) is 9.59 Å². The summed E-state index contributed by atoms with van der Waals surface area (Å²) in [6.45, 7) is 9.23. The Kier molecular flexibility index (Phi) is 9.24. The van der Waals surface area contributed by atoms with Crippen LogP contribution in [0.2, 0.25) is 0 Å². The van der Waals surface area contributed by atoms with Crippen molar-refractivity contribution in [3.8, 4) is 0 Å². The Morgan fingerprint density at radius 2 is 1.83 bits per heavy atom. The molecule has 0 bridgehead atoms. The number of guanidine groups is 1. The molecule has 7 nitrogen and oxygen atoms in total. The monoisotopic (exact) mass is 407 g/mol. The van der Waals surface area contributed by atoms with Crippen LogP contribution < -0.4 is 10.6 Å². The maximum absolute atomic E-state index is 13.2. The first kappa shape index (κ1) is 23.5. The van der Waals surface area contributed by atoms with Crippen molar-refractivity contribution < 1.29 is 9.59 Å². The highest BCUT2D eigenvalue weighted by Crippen LogP contribution is 2.30. The first-order chi connectivity index (χ1) is 14.0. The standard InChI is InChI=1S/C22H41N5O2/c1-4-7-12-22(13-8-5-2)19(28)27(20(23)25-22)16-11-18-10-15-26(17-18)21(29)24-14-9-6-3/h18H,4-17H2,1-3H3,(H2,23,25)(H,24,29). The maximum atomic E-state index is 13.2. The highest BCUT2D eigenvalue weighted by atomic mass is 16.2. The predicted molar refractivity (Wildman–Crippen MR) is 117 cm³/mol. The molecule has 2 aliphatic rings. The van der Waals surface area contributed by atoms with Gasteiger partial charge in [0.2, 0.25) is 0 Å². The summed E-state index contributed by atoms with van der Waals surface area (Å²) >= 11 is 0. The minimum absolute atomic E-state index is 0.0331. The van der Waals surface area contributed by atoms with Gasteiger partial charge in [-0.25, -0.2) is 4.79 Å². The van der Waals surface area contributed by atoms with E-state index in [1.54, 1.807) is 4.90 Å². The van der Waals surface area contributed by atoms with Crippen molar-refractivity contribution in [2.75, 3.05) is 26.2 Å². The zero-order chi connectivity index (χ0) is 21.3. The second-order valence-electron chi connectivity index (χ2n) is 8.69. The number of unbranched alkanes of at least 4 members (excludes halogenated alkanes) is 3. The molecule has 0 aromatic carbocycles. The van der Waals surface area contributed by atoms with Gasteiger partial charge < -0.3 is 15.5 Å². The van der Waals surface area contributed by atoms with Crippen LogP contribution in [0, 0.1) is 11.3 Å². The van der Waals surface area contributed by atoms with Crippen LogP contribution in [0.4, 0.5) is 4.79 Å². The molecule has 2 rings (SSSR count). The molecule has 2 saturated heterocycles. The highest BCUT2D eigenvalue weighted by Gasteiger charge is 2.48. The summed E-state index contributed by atoms with van der Waals surface area (Å²) < 4.78 is 0. The van der Waals surface area contributed by atoms with E-state index in [0.29, 0.717) is 12.5 Å². The third-order valence-corrected chi connectivity index (χ3v) is 6.34. The lowest BCUT2D eigenvalue weighted by Gasteiger charge is -2.27. The first-order valence-electron chi connectivity index (χ1n) is 11.7. The highest BCUT2D eigenvalue weighted by molar-refractivity contribution is 6.07. The molecule has 0 aromatic heterocycles. The molecule has 0 spiro atoms. The summed E-state index contributed by atoms with van der Waals surface area (Å²) in [5, 5.41) is 14.6. The van der Waals surface area contributed by atoms with Crippen LogP contribution in [-0.4, -0.2) is 59.4 Å².